The SMILES string of the molecule is CC(Cc1ccc(Cl)nc1)N=C(C[N+](=O)[O-])N(C)C(=O)OCCl. The van der Waals surface area contributed by atoms with Crippen LogP contribution in [-0.4, -0.2) is 52.4 Å². The topological polar surface area (TPSA) is 97.9 Å². The van der Waals surface area contributed by atoms with Crippen LogP contribution < -0.4 is 0 Å². The fourth-order valence-corrected chi connectivity index (χ4v) is 1.97. The summed E-state index contributed by atoms with van der Waals surface area (Å²) < 4.78 is 4.60. The number of carbonyl (C=O) groups is 1. The van der Waals surface area contributed by atoms with Crippen LogP contribution in [0.2, 0.25) is 5.15 Å². The first-order chi connectivity index (χ1) is 10.8. The number of amidine groups is 1. The van der Waals surface area contributed by atoms with Crippen LogP contribution in [0.5, 0.6) is 0 Å². The predicted octanol–water partition coefficient (Wildman–Crippen LogP) is 2.61. The first kappa shape index (κ1) is 19.1. The lowest BCUT2D eigenvalue weighted by molar-refractivity contribution is -0.464. The zero-order chi connectivity index (χ0) is 17.4. The third kappa shape index (κ3) is 6.79. The lowest BCUT2D eigenvalue weighted by atomic mass is 10.1. The van der Waals surface area contributed by atoms with Crippen molar-refractivity contribution in [1.29, 1.82) is 0 Å². The number of hydrogen-bond donors (Lipinski definition) is 0. The molecule has 8 nitrogen and oxygen atoms in total. The van der Waals surface area contributed by atoms with Crippen LogP contribution in [0.25, 0.3) is 0 Å². The Morgan fingerprint density at radius 1 is 1.57 bits per heavy atom. The molecular weight excluding hydrogens is 347 g/mol. The van der Waals surface area contributed by atoms with Gasteiger partial charge in [-0.05, 0) is 25.0 Å². The van der Waals surface area contributed by atoms with E-state index in [2.05, 4.69) is 14.7 Å². The van der Waals surface area contributed by atoms with Crippen LogP contribution in [0.1, 0.15) is 12.5 Å². The average molecular weight is 363 g/mol. The summed E-state index contributed by atoms with van der Waals surface area (Å²) in [7, 11) is 1.34. The lowest BCUT2D eigenvalue weighted by Gasteiger charge is -2.17. The summed E-state index contributed by atoms with van der Waals surface area (Å²) in [4.78, 5) is 31.0. The Kier molecular flexibility index (Phi) is 7.70. The van der Waals surface area contributed by atoms with E-state index in [1.807, 2.05) is 0 Å². The van der Waals surface area contributed by atoms with E-state index in [9.17, 15) is 14.9 Å². The molecule has 0 N–H and O–H groups in total. The molecule has 1 amide bonds. The van der Waals surface area contributed by atoms with Gasteiger partial charge in [0.1, 0.15) is 5.15 Å². The van der Waals surface area contributed by atoms with Gasteiger partial charge in [0.25, 0.3) is 6.54 Å². The number of likely N-dealkylation sites (N-methyl/N-ethyl adjacent to an activating group) is 1. The molecule has 0 aliphatic carbocycles. The van der Waals surface area contributed by atoms with Gasteiger partial charge in [0.15, 0.2) is 11.9 Å². The molecule has 0 aromatic carbocycles. The Bertz CT molecular complexity index is 580. The summed E-state index contributed by atoms with van der Waals surface area (Å²) in [6.45, 7) is 1.17. The minimum Gasteiger partial charge on any atom is -0.433 e. The van der Waals surface area contributed by atoms with Gasteiger partial charge in [0.2, 0.25) is 0 Å². The number of hydrogen-bond acceptors (Lipinski definition) is 6. The molecule has 0 saturated heterocycles. The smallest absolute Gasteiger partial charge is 0.416 e. The molecule has 23 heavy (non-hydrogen) atoms. The Morgan fingerprint density at radius 2 is 2.26 bits per heavy atom. The second-order valence-corrected chi connectivity index (χ2v) is 5.26. The van der Waals surface area contributed by atoms with E-state index >= 15 is 0 Å². The number of halogens is 2. The van der Waals surface area contributed by atoms with E-state index in [-0.39, 0.29) is 17.9 Å². The molecule has 0 bridgehead atoms. The van der Waals surface area contributed by atoms with Gasteiger partial charge in [-0.2, -0.15) is 0 Å². The van der Waals surface area contributed by atoms with Crippen molar-refractivity contribution in [2.24, 2.45) is 4.99 Å². The molecule has 126 valence electrons. The normalized spacial score (nSPS) is 12.6. The summed E-state index contributed by atoms with van der Waals surface area (Å²) in [6, 6.07) is 2.79. The highest BCUT2D eigenvalue weighted by molar-refractivity contribution is 6.29. The fourth-order valence-electron chi connectivity index (χ4n) is 1.77. The summed E-state index contributed by atoms with van der Waals surface area (Å²) in [5.74, 6) is -0.0143. The number of rotatable bonds is 6. The van der Waals surface area contributed by atoms with Gasteiger partial charge in [-0.25, -0.2) is 9.78 Å². The molecule has 1 heterocycles. The Labute approximate surface area is 143 Å². The predicted molar refractivity (Wildman–Crippen MR) is 86.7 cm³/mol. The Morgan fingerprint density at radius 3 is 2.78 bits per heavy atom. The second kappa shape index (κ2) is 9.26. The van der Waals surface area contributed by atoms with Crippen molar-refractivity contribution in [1.82, 2.24) is 9.88 Å². The highest BCUT2D eigenvalue weighted by atomic mass is 35.5. The van der Waals surface area contributed by atoms with E-state index < -0.39 is 17.6 Å². The summed E-state index contributed by atoms with van der Waals surface area (Å²) in [6.07, 6.45) is 1.29. The quantitative estimate of drug-likeness (QED) is 0.193. The second-order valence-electron chi connectivity index (χ2n) is 4.66. The van der Waals surface area contributed by atoms with Crippen LogP contribution in [-0.2, 0) is 11.2 Å². The third-order valence-electron chi connectivity index (χ3n) is 2.80. The molecule has 0 aliphatic heterocycles. The molecule has 1 aromatic heterocycles. The van der Waals surface area contributed by atoms with Gasteiger partial charge < -0.3 is 4.74 Å². The first-order valence-corrected chi connectivity index (χ1v) is 7.50. The van der Waals surface area contributed by atoms with Crippen LogP contribution in [0.4, 0.5) is 4.79 Å². The lowest BCUT2D eigenvalue weighted by Crippen LogP contribution is -2.38. The van der Waals surface area contributed by atoms with Crippen molar-refractivity contribution in [3.05, 3.63) is 39.2 Å². The third-order valence-corrected chi connectivity index (χ3v) is 3.13. The van der Waals surface area contributed by atoms with Crippen molar-refractivity contribution < 1.29 is 14.5 Å². The van der Waals surface area contributed by atoms with E-state index in [1.165, 1.54) is 7.05 Å². The van der Waals surface area contributed by atoms with E-state index in [1.54, 1.807) is 25.3 Å². The molecule has 10 heteroatoms. The van der Waals surface area contributed by atoms with Crippen LogP contribution >= 0.6 is 23.2 Å². The van der Waals surface area contributed by atoms with E-state index in [0.717, 1.165) is 10.5 Å². The number of nitrogens with zero attached hydrogens (tertiary/aromatic N) is 4. The molecule has 0 saturated carbocycles. The molecule has 1 atom stereocenters. The number of amides is 1. The van der Waals surface area contributed by atoms with E-state index in [0.29, 0.717) is 11.6 Å². The highest BCUT2D eigenvalue weighted by Gasteiger charge is 2.21. The highest BCUT2D eigenvalue weighted by Crippen LogP contribution is 2.09. The summed E-state index contributed by atoms with van der Waals surface area (Å²) in [5, 5.41) is 11.1. The van der Waals surface area contributed by atoms with Gasteiger partial charge in [0.05, 0.1) is 6.04 Å². The Hall–Kier alpha value is -1.93. The Balaban J connectivity index is 2.86. The number of ether oxygens (including phenoxy) is 1. The standard InChI is InChI=1S/C13H16Cl2N4O4/c1-9(5-10-3-4-11(15)16-6-10)17-12(7-19(21)22)18(2)13(20)23-8-14/h3-4,6,9H,5,7-8H2,1-2H3. The fraction of sp³-hybridized carbons (Fsp3) is 0.462. The molecule has 0 radical (unpaired) electrons. The van der Waals surface area contributed by atoms with Crippen molar-refractivity contribution in [2.75, 3.05) is 19.7 Å². The van der Waals surface area contributed by atoms with Crippen LogP contribution in [0.15, 0.2) is 23.3 Å². The molecule has 0 aliphatic rings. The summed E-state index contributed by atoms with van der Waals surface area (Å²) in [5.41, 5.74) is 0.872. The van der Waals surface area contributed by atoms with Gasteiger partial charge in [0, 0.05) is 18.2 Å². The van der Waals surface area contributed by atoms with Crippen molar-refractivity contribution in [2.45, 2.75) is 19.4 Å². The minimum atomic E-state index is -0.805. The minimum absolute atomic E-state index is 0.0143. The van der Waals surface area contributed by atoms with Gasteiger partial charge in [-0.1, -0.05) is 29.3 Å². The largest absolute Gasteiger partial charge is 0.433 e. The molecule has 1 aromatic rings. The van der Waals surface area contributed by atoms with Crippen LogP contribution in [0, 0.1) is 10.1 Å². The number of nitro groups is 1. The van der Waals surface area contributed by atoms with Crippen molar-refractivity contribution in [3.8, 4) is 0 Å². The van der Waals surface area contributed by atoms with Crippen LogP contribution in [0.3, 0.4) is 0 Å². The molecule has 1 rings (SSSR count). The molecule has 1 unspecified atom stereocenters. The average Bonchev–Trinajstić information content (AvgIpc) is 2.48. The van der Waals surface area contributed by atoms with Gasteiger partial charge in [-0.3, -0.25) is 20.0 Å². The zero-order valence-corrected chi connectivity index (χ0v) is 14.1. The number of carbonyl (C=O) groups excluding carboxylic acids is 1. The monoisotopic (exact) mass is 362 g/mol. The molecular formula is C13H16Cl2N4O4. The number of aliphatic imine (C=N–C) groups is 1. The zero-order valence-electron chi connectivity index (χ0n) is 12.6. The molecule has 0 spiro atoms. The first-order valence-electron chi connectivity index (χ1n) is 6.58. The van der Waals surface area contributed by atoms with Crippen molar-refractivity contribution in [3.63, 3.8) is 0 Å². The van der Waals surface area contributed by atoms with Gasteiger partial charge in [-0.15, -0.1) is 0 Å². The maximum Gasteiger partial charge on any atom is 0.416 e. The number of alkyl halides is 1. The van der Waals surface area contributed by atoms with Gasteiger partial charge >= 0.3 is 6.09 Å². The maximum absolute atomic E-state index is 11.6. The maximum atomic E-state index is 11.6. The van der Waals surface area contributed by atoms with E-state index in [4.69, 9.17) is 23.2 Å². The number of aromatic nitrogens is 1. The summed E-state index contributed by atoms with van der Waals surface area (Å²) >= 11 is 11.0. The number of pyridine rings is 1. The van der Waals surface area contributed by atoms with Crippen molar-refractivity contribution >= 4 is 35.1 Å². The molecule has 0 fully saturated rings.